The maximum atomic E-state index is 13.7. The monoisotopic (exact) mass is 802 g/mol. The summed E-state index contributed by atoms with van der Waals surface area (Å²) in [4.78, 5) is 13.7. The number of ketones is 1. The van der Waals surface area contributed by atoms with Crippen LogP contribution in [0.3, 0.4) is 0 Å². The van der Waals surface area contributed by atoms with Gasteiger partial charge in [-0.05, 0) is 27.8 Å². The zero-order valence-corrected chi connectivity index (χ0v) is 33.5. The molecule has 0 aliphatic carbocycles. The van der Waals surface area contributed by atoms with E-state index in [2.05, 4.69) is 0 Å². The van der Waals surface area contributed by atoms with Crippen LogP contribution in [-0.2, 0) is 80.5 Å². The summed E-state index contributed by atoms with van der Waals surface area (Å²) in [6, 6.07) is 49.6. The van der Waals surface area contributed by atoms with E-state index in [4.69, 9.17) is 42.6 Å². The number of carbonyl (C=O) groups excluding carboxylic acids is 1. The fourth-order valence-corrected chi connectivity index (χ4v) is 7.29. The van der Waals surface area contributed by atoms with E-state index in [9.17, 15) is 4.79 Å². The SMILES string of the molecule is CO[C@H]1O[C@H](CO[C@@H]2CCC(=O)[C@H](OCc3ccccc3)[C@@H](COCc3ccccc3)O2)[C@@H](OCc2ccccc2)[C@H](OCc2ccccc2)[C@H]1OCc1ccccc1. The number of Topliss-reactive ketones (excluding diaryl/α,β-unsaturated/α-hetero) is 1. The van der Waals surface area contributed by atoms with Crippen molar-refractivity contribution >= 4 is 5.78 Å². The Morgan fingerprint density at radius 1 is 0.475 bits per heavy atom. The molecule has 2 aliphatic heterocycles. The van der Waals surface area contributed by atoms with Gasteiger partial charge in [-0.2, -0.15) is 0 Å². The second kappa shape index (κ2) is 22.7. The largest absolute Gasteiger partial charge is 0.374 e. The van der Waals surface area contributed by atoms with E-state index in [0.29, 0.717) is 32.8 Å². The van der Waals surface area contributed by atoms with Crippen LogP contribution in [0.15, 0.2) is 152 Å². The lowest BCUT2D eigenvalue weighted by molar-refractivity contribution is -0.329. The van der Waals surface area contributed by atoms with Gasteiger partial charge >= 0.3 is 0 Å². The minimum absolute atomic E-state index is 0.0574. The van der Waals surface area contributed by atoms with Crippen LogP contribution in [0.5, 0.6) is 0 Å². The van der Waals surface area contributed by atoms with Crippen LogP contribution in [0, 0.1) is 0 Å². The van der Waals surface area contributed by atoms with Crippen LogP contribution in [-0.4, -0.2) is 75.3 Å². The predicted octanol–water partition coefficient (Wildman–Crippen LogP) is 8.01. The molecular formula is C49H54O10. The van der Waals surface area contributed by atoms with Crippen molar-refractivity contribution in [2.45, 2.75) is 95.1 Å². The van der Waals surface area contributed by atoms with Crippen molar-refractivity contribution in [2.75, 3.05) is 20.3 Å². The summed E-state index contributed by atoms with van der Waals surface area (Å²) in [5.41, 5.74) is 4.98. The first kappa shape index (κ1) is 42.5. The number of hydrogen-bond donors (Lipinski definition) is 0. The summed E-state index contributed by atoms with van der Waals surface area (Å²) in [6.45, 7) is 1.74. The quantitative estimate of drug-likeness (QED) is 0.0770. The molecule has 10 nitrogen and oxygen atoms in total. The summed E-state index contributed by atoms with van der Waals surface area (Å²) in [5.74, 6) is -0.0643. The molecule has 310 valence electrons. The van der Waals surface area contributed by atoms with Gasteiger partial charge in [-0.25, -0.2) is 0 Å². The lowest BCUT2D eigenvalue weighted by Gasteiger charge is -2.45. The maximum Gasteiger partial charge on any atom is 0.186 e. The van der Waals surface area contributed by atoms with Crippen molar-refractivity contribution < 1.29 is 47.4 Å². The van der Waals surface area contributed by atoms with Crippen LogP contribution in [0.25, 0.3) is 0 Å². The molecule has 7 rings (SSSR count). The highest BCUT2D eigenvalue weighted by molar-refractivity contribution is 5.84. The van der Waals surface area contributed by atoms with Gasteiger partial charge in [0.2, 0.25) is 0 Å². The number of ether oxygens (including phenoxy) is 9. The molecule has 10 heteroatoms. The minimum atomic E-state index is -0.844. The third-order valence-corrected chi connectivity index (χ3v) is 10.4. The summed E-state index contributed by atoms with van der Waals surface area (Å²) in [7, 11) is 1.59. The average molecular weight is 803 g/mol. The Morgan fingerprint density at radius 3 is 1.41 bits per heavy atom. The molecule has 2 heterocycles. The zero-order valence-electron chi connectivity index (χ0n) is 33.5. The summed E-state index contributed by atoms with van der Waals surface area (Å²) < 4.78 is 58.3. The first-order valence-electron chi connectivity index (χ1n) is 20.3. The second-order valence-corrected chi connectivity index (χ2v) is 14.7. The molecule has 59 heavy (non-hydrogen) atoms. The fraction of sp³-hybridized carbons (Fsp3) is 0.367. The zero-order chi connectivity index (χ0) is 40.5. The van der Waals surface area contributed by atoms with Gasteiger partial charge in [0.25, 0.3) is 0 Å². The number of hydrogen-bond acceptors (Lipinski definition) is 10. The molecule has 0 N–H and O–H groups in total. The van der Waals surface area contributed by atoms with E-state index in [0.717, 1.165) is 27.8 Å². The Hall–Kier alpha value is -4.59. The molecule has 0 radical (unpaired) electrons. The first-order valence-corrected chi connectivity index (χ1v) is 20.3. The first-order chi connectivity index (χ1) is 29.1. The molecule has 2 aliphatic rings. The fourth-order valence-electron chi connectivity index (χ4n) is 7.29. The minimum Gasteiger partial charge on any atom is -0.374 e. The Labute approximate surface area is 347 Å². The lowest BCUT2D eigenvalue weighted by atomic mass is 9.97. The summed E-state index contributed by atoms with van der Waals surface area (Å²) in [5, 5.41) is 0. The molecule has 0 aromatic heterocycles. The molecule has 0 spiro atoms. The summed E-state index contributed by atoms with van der Waals surface area (Å²) >= 11 is 0. The van der Waals surface area contributed by atoms with Gasteiger partial charge in [0.05, 0.1) is 46.2 Å². The van der Waals surface area contributed by atoms with E-state index in [-0.39, 0.29) is 32.0 Å². The van der Waals surface area contributed by atoms with E-state index in [1.807, 2.05) is 152 Å². The van der Waals surface area contributed by atoms with Gasteiger partial charge in [-0.1, -0.05) is 152 Å². The third kappa shape index (κ3) is 12.7. The van der Waals surface area contributed by atoms with Gasteiger partial charge in [0, 0.05) is 20.0 Å². The van der Waals surface area contributed by atoms with E-state index in [1.54, 1.807) is 7.11 Å². The van der Waals surface area contributed by atoms with Crippen molar-refractivity contribution in [2.24, 2.45) is 0 Å². The van der Waals surface area contributed by atoms with Crippen molar-refractivity contribution in [3.63, 3.8) is 0 Å². The van der Waals surface area contributed by atoms with Crippen LogP contribution in [0.2, 0.25) is 0 Å². The van der Waals surface area contributed by atoms with E-state index >= 15 is 0 Å². The summed E-state index contributed by atoms with van der Waals surface area (Å²) in [6.07, 6.45) is -5.19. The van der Waals surface area contributed by atoms with Gasteiger partial charge < -0.3 is 42.6 Å². The molecule has 0 amide bonds. The van der Waals surface area contributed by atoms with Gasteiger partial charge in [0.15, 0.2) is 18.4 Å². The molecule has 2 fully saturated rings. The van der Waals surface area contributed by atoms with Crippen molar-refractivity contribution in [3.8, 4) is 0 Å². The second-order valence-electron chi connectivity index (χ2n) is 14.7. The van der Waals surface area contributed by atoms with Crippen molar-refractivity contribution in [3.05, 3.63) is 179 Å². The number of benzene rings is 5. The Kier molecular flexibility index (Phi) is 16.4. The average Bonchev–Trinajstić information content (AvgIpc) is 3.44. The van der Waals surface area contributed by atoms with Gasteiger partial charge in [-0.3, -0.25) is 4.79 Å². The van der Waals surface area contributed by atoms with Crippen LogP contribution in [0.4, 0.5) is 0 Å². The molecule has 5 aromatic rings. The van der Waals surface area contributed by atoms with Gasteiger partial charge in [0.1, 0.15) is 36.6 Å². The third-order valence-electron chi connectivity index (χ3n) is 10.4. The topological polar surface area (TPSA) is 100 Å². The Bertz CT molecular complexity index is 1920. The molecule has 8 atom stereocenters. The van der Waals surface area contributed by atoms with Crippen LogP contribution < -0.4 is 0 Å². The Balaban J connectivity index is 1.10. The Morgan fingerprint density at radius 2 is 0.915 bits per heavy atom. The highest BCUT2D eigenvalue weighted by Crippen LogP contribution is 2.32. The highest BCUT2D eigenvalue weighted by atomic mass is 16.7. The normalized spacial score (nSPS) is 24.7. The van der Waals surface area contributed by atoms with Crippen molar-refractivity contribution in [1.82, 2.24) is 0 Å². The lowest BCUT2D eigenvalue weighted by Crippen LogP contribution is -2.61. The maximum absolute atomic E-state index is 13.7. The molecular weight excluding hydrogens is 749 g/mol. The van der Waals surface area contributed by atoms with Crippen LogP contribution in [0.1, 0.15) is 40.7 Å². The highest BCUT2D eigenvalue weighted by Gasteiger charge is 2.49. The van der Waals surface area contributed by atoms with Gasteiger partial charge in [-0.15, -0.1) is 0 Å². The van der Waals surface area contributed by atoms with Crippen molar-refractivity contribution in [1.29, 1.82) is 0 Å². The van der Waals surface area contributed by atoms with E-state index < -0.39 is 49.2 Å². The number of rotatable bonds is 20. The van der Waals surface area contributed by atoms with Crippen LogP contribution >= 0.6 is 0 Å². The molecule has 2 saturated heterocycles. The molecule has 0 saturated carbocycles. The standard InChI is InChI=1S/C49H54O10/c1-51-49-48(57-33-40-25-15-6-16-26-40)47(56-32-39-23-13-5-14-24-39)46(55-31-38-21-11-4-12-22-38)43(59-49)35-53-44-28-27-41(50)45(54-30-37-19-9-3-10-20-37)42(58-44)34-52-29-36-17-7-2-8-18-36/h2-26,42-49H,27-35H2,1H3/t42-,43-,44+,45+,46-,47+,48-,49+/m1/s1. The molecule has 5 aromatic carbocycles. The molecule has 0 bridgehead atoms. The smallest absolute Gasteiger partial charge is 0.186 e. The molecule has 0 unspecified atom stereocenters. The predicted molar refractivity (Wildman–Crippen MR) is 221 cm³/mol. The van der Waals surface area contributed by atoms with E-state index in [1.165, 1.54) is 0 Å². The number of carbonyl (C=O) groups is 1. The number of methoxy groups -OCH3 is 1.